The van der Waals surface area contributed by atoms with Crippen molar-refractivity contribution in [1.29, 1.82) is 0 Å². The quantitative estimate of drug-likeness (QED) is 0.831. The normalized spacial score (nSPS) is 12.1. The van der Waals surface area contributed by atoms with Gasteiger partial charge in [-0.2, -0.15) is 0 Å². The van der Waals surface area contributed by atoms with E-state index in [0.29, 0.717) is 13.1 Å². The fourth-order valence-corrected chi connectivity index (χ4v) is 2.23. The second-order valence-electron chi connectivity index (χ2n) is 5.10. The molecule has 1 aromatic carbocycles. The van der Waals surface area contributed by atoms with Crippen molar-refractivity contribution in [2.24, 2.45) is 5.73 Å². The molecule has 0 saturated heterocycles. The van der Waals surface area contributed by atoms with Crippen LogP contribution in [0.2, 0.25) is 0 Å². The van der Waals surface area contributed by atoms with Gasteiger partial charge in [0.05, 0.1) is 0 Å². The molecule has 0 bridgehead atoms. The summed E-state index contributed by atoms with van der Waals surface area (Å²) in [5, 5.41) is 0. The third kappa shape index (κ3) is 4.53. The molecule has 0 spiro atoms. The molecule has 1 rings (SSSR count). The molecule has 0 aliphatic carbocycles. The van der Waals surface area contributed by atoms with Gasteiger partial charge in [-0.05, 0) is 45.2 Å². The Morgan fingerprint density at radius 1 is 1.35 bits per heavy atom. The number of nitrogens with two attached hydrogens (primary N) is 1. The van der Waals surface area contributed by atoms with Gasteiger partial charge in [0, 0.05) is 19.1 Å². The summed E-state index contributed by atoms with van der Waals surface area (Å²) >= 11 is 0. The van der Waals surface area contributed by atoms with E-state index in [1.54, 1.807) is 4.90 Å². The zero-order valence-electron chi connectivity index (χ0n) is 13.0. The number of carbonyl (C=O) groups is 1. The minimum absolute atomic E-state index is 0.0185. The van der Waals surface area contributed by atoms with Crippen LogP contribution in [0, 0.1) is 6.92 Å². The average Bonchev–Trinajstić information content (AvgIpc) is 2.38. The van der Waals surface area contributed by atoms with Crippen LogP contribution in [-0.4, -0.2) is 36.5 Å². The maximum absolute atomic E-state index is 12.0. The molecule has 1 amide bonds. The highest BCUT2D eigenvalue weighted by molar-refractivity contribution is 5.77. The minimum atomic E-state index is 0.0185. The Balaban J connectivity index is 2.78. The number of rotatable bonds is 7. The van der Waals surface area contributed by atoms with Crippen LogP contribution >= 0.6 is 0 Å². The van der Waals surface area contributed by atoms with Crippen molar-refractivity contribution in [2.45, 2.75) is 40.2 Å². The van der Waals surface area contributed by atoms with Crippen molar-refractivity contribution in [2.75, 3.05) is 19.7 Å². The van der Waals surface area contributed by atoms with Crippen molar-refractivity contribution in [3.63, 3.8) is 0 Å². The summed E-state index contributed by atoms with van der Waals surface area (Å²) in [6, 6.07) is 6.05. The Labute approximate surface area is 121 Å². The molecule has 0 aromatic heterocycles. The number of ether oxygens (including phenoxy) is 1. The molecular weight excluding hydrogens is 252 g/mol. The summed E-state index contributed by atoms with van der Waals surface area (Å²) in [4.78, 5) is 13.8. The van der Waals surface area contributed by atoms with Gasteiger partial charge in [0.1, 0.15) is 5.75 Å². The summed E-state index contributed by atoms with van der Waals surface area (Å²) in [5.74, 6) is 0.815. The number of benzene rings is 1. The van der Waals surface area contributed by atoms with Crippen molar-refractivity contribution < 1.29 is 9.53 Å². The molecule has 0 aliphatic rings. The maximum Gasteiger partial charge on any atom is 0.260 e. The Morgan fingerprint density at radius 2 is 2.00 bits per heavy atom. The number of aryl methyl sites for hydroxylation is 1. The molecule has 4 heteroatoms. The first-order valence-corrected chi connectivity index (χ1v) is 7.24. The first-order chi connectivity index (χ1) is 9.49. The Kier molecular flexibility index (Phi) is 6.52. The molecule has 4 nitrogen and oxygen atoms in total. The number of amides is 1. The van der Waals surface area contributed by atoms with Crippen LogP contribution < -0.4 is 10.5 Å². The smallest absolute Gasteiger partial charge is 0.260 e. The fraction of sp³-hybridized carbons (Fsp3) is 0.562. The van der Waals surface area contributed by atoms with Crippen LogP contribution in [-0.2, 0) is 11.2 Å². The van der Waals surface area contributed by atoms with E-state index in [2.05, 4.69) is 0 Å². The standard InChI is InChI=1S/C16H26N2O2/c1-5-18(6-2)15(19)11-20-16-12(3)8-7-9-14(16)10-13(4)17/h7-9,13H,5-6,10-11,17H2,1-4H3. The number of hydrogen-bond acceptors (Lipinski definition) is 3. The Morgan fingerprint density at radius 3 is 2.55 bits per heavy atom. The third-order valence-corrected chi connectivity index (χ3v) is 3.29. The molecule has 1 aromatic rings. The van der Waals surface area contributed by atoms with Crippen molar-refractivity contribution in [3.05, 3.63) is 29.3 Å². The van der Waals surface area contributed by atoms with Gasteiger partial charge in [0.15, 0.2) is 6.61 Å². The minimum Gasteiger partial charge on any atom is -0.483 e. The second kappa shape index (κ2) is 7.90. The fourth-order valence-electron chi connectivity index (χ4n) is 2.23. The van der Waals surface area contributed by atoms with E-state index in [0.717, 1.165) is 23.3 Å². The maximum atomic E-state index is 12.0. The summed E-state index contributed by atoms with van der Waals surface area (Å²) in [6.45, 7) is 9.39. The van der Waals surface area contributed by atoms with Crippen LogP contribution in [0.15, 0.2) is 18.2 Å². The molecule has 0 fully saturated rings. The van der Waals surface area contributed by atoms with Gasteiger partial charge in [0.25, 0.3) is 5.91 Å². The molecule has 1 atom stereocenters. The highest BCUT2D eigenvalue weighted by Crippen LogP contribution is 2.24. The second-order valence-corrected chi connectivity index (χ2v) is 5.10. The van der Waals surface area contributed by atoms with E-state index >= 15 is 0 Å². The SMILES string of the molecule is CCN(CC)C(=O)COc1c(C)cccc1CC(C)N. The Bertz CT molecular complexity index is 440. The first-order valence-electron chi connectivity index (χ1n) is 7.24. The van der Waals surface area contributed by atoms with E-state index in [1.165, 1.54) is 0 Å². The zero-order chi connectivity index (χ0) is 15.1. The zero-order valence-corrected chi connectivity index (χ0v) is 13.0. The molecule has 0 heterocycles. The highest BCUT2D eigenvalue weighted by Gasteiger charge is 2.13. The molecule has 0 aliphatic heterocycles. The summed E-state index contributed by atoms with van der Waals surface area (Å²) < 4.78 is 5.77. The third-order valence-electron chi connectivity index (χ3n) is 3.29. The van der Waals surface area contributed by atoms with Crippen LogP contribution in [0.1, 0.15) is 31.9 Å². The van der Waals surface area contributed by atoms with Crippen molar-refractivity contribution >= 4 is 5.91 Å². The molecular formula is C16H26N2O2. The van der Waals surface area contributed by atoms with Crippen LogP contribution in [0.3, 0.4) is 0 Å². The van der Waals surface area contributed by atoms with Gasteiger partial charge in [-0.3, -0.25) is 4.79 Å². The molecule has 1 unspecified atom stereocenters. The van der Waals surface area contributed by atoms with E-state index in [9.17, 15) is 4.79 Å². The first kappa shape index (κ1) is 16.5. The highest BCUT2D eigenvalue weighted by atomic mass is 16.5. The summed E-state index contributed by atoms with van der Waals surface area (Å²) in [5.41, 5.74) is 7.96. The van der Waals surface area contributed by atoms with Gasteiger partial charge >= 0.3 is 0 Å². The molecule has 2 N–H and O–H groups in total. The van der Waals surface area contributed by atoms with Crippen molar-refractivity contribution in [1.82, 2.24) is 4.90 Å². The van der Waals surface area contributed by atoms with E-state index in [-0.39, 0.29) is 18.6 Å². The number of likely N-dealkylation sites (N-methyl/N-ethyl adjacent to an activating group) is 1. The van der Waals surface area contributed by atoms with Crippen LogP contribution in [0.4, 0.5) is 0 Å². The van der Waals surface area contributed by atoms with Crippen LogP contribution in [0.25, 0.3) is 0 Å². The Hall–Kier alpha value is -1.55. The lowest BCUT2D eigenvalue weighted by atomic mass is 10.0. The van der Waals surface area contributed by atoms with E-state index in [1.807, 2.05) is 45.9 Å². The van der Waals surface area contributed by atoms with Crippen molar-refractivity contribution in [3.8, 4) is 5.75 Å². The molecule has 0 saturated carbocycles. The summed E-state index contributed by atoms with van der Waals surface area (Å²) in [7, 11) is 0. The van der Waals surface area contributed by atoms with E-state index < -0.39 is 0 Å². The number of para-hydroxylation sites is 1. The number of hydrogen-bond donors (Lipinski definition) is 1. The van der Waals surface area contributed by atoms with Crippen LogP contribution in [0.5, 0.6) is 5.75 Å². The number of nitrogens with zero attached hydrogens (tertiary/aromatic N) is 1. The predicted molar refractivity (Wildman–Crippen MR) is 82.0 cm³/mol. The lowest BCUT2D eigenvalue weighted by Gasteiger charge is -2.20. The molecule has 20 heavy (non-hydrogen) atoms. The van der Waals surface area contributed by atoms with Gasteiger partial charge in [-0.1, -0.05) is 18.2 Å². The molecule has 112 valence electrons. The predicted octanol–water partition coefficient (Wildman–Crippen LogP) is 2.13. The largest absolute Gasteiger partial charge is 0.483 e. The van der Waals surface area contributed by atoms with E-state index in [4.69, 9.17) is 10.5 Å². The van der Waals surface area contributed by atoms with Gasteiger partial charge < -0.3 is 15.4 Å². The lowest BCUT2D eigenvalue weighted by molar-refractivity contribution is -0.132. The number of carbonyl (C=O) groups excluding carboxylic acids is 1. The van der Waals surface area contributed by atoms with Gasteiger partial charge in [-0.15, -0.1) is 0 Å². The molecule has 0 radical (unpaired) electrons. The monoisotopic (exact) mass is 278 g/mol. The topological polar surface area (TPSA) is 55.6 Å². The average molecular weight is 278 g/mol. The summed E-state index contributed by atoms with van der Waals surface area (Å²) in [6.07, 6.45) is 0.747. The van der Waals surface area contributed by atoms with Gasteiger partial charge in [-0.25, -0.2) is 0 Å². The lowest BCUT2D eigenvalue weighted by Crippen LogP contribution is -2.34. The van der Waals surface area contributed by atoms with Gasteiger partial charge in [0.2, 0.25) is 0 Å².